The third-order valence-electron chi connectivity index (χ3n) is 4.66. The average Bonchev–Trinajstić information content (AvgIpc) is 3.29. The summed E-state index contributed by atoms with van der Waals surface area (Å²) in [5.41, 5.74) is 3.25. The first-order valence-electron chi connectivity index (χ1n) is 9.06. The number of hydrogen-bond acceptors (Lipinski definition) is 6. The Kier molecular flexibility index (Phi) is 4.94. The summed E-state index contributed by atoms with van der Waals surface area (Å²) in [6.45, 7) is 3.34. The first-order chi connectivity index (χ1) is 13.9. The van der Waals surface area contributed by atoms with Crippen LogP contribution in [0.4, 0.5) is 0 Å². The number of rotatable bonds is 5. The molecule has 3 amide bonds. The van der Waals surface area contributed by atoms with Gasteiger partial charge in [-0.15, -0.1) is 11.3 Å². The summed E-state index contributed by atoms with van der Waals surface area (Å²) in [6.07, 6.45) is 3.42. The molecule has 1 aliphatic rings. The molecular formula is C21H18N4O3S. The van der Waals surface area contributed by atoms with Gasteiger partial charge in [-0.3, -0.25) is 24.3 Å². The van der Waals surface area contributed by atoms with E-state index in [2.05, 4.69) is 15.3 Å². The van der Waals surface area contributed by atoms with E-state index in [0.29, 0.717) is 11.1 Å². The molecule has 0 radical (unpaired) electrons. The Balaban J connectivity index is 1.42. The van der Waals surface area contributed by atoms with Crippen molar-refractivity contribution in [2.75, 3.05) is 6.54 Å². The van der Waals surface area contributed by atoms with E-state index in [1.807, 2.05) is 31.4 Å². The number of amides is 3. The maximum atomic E-state index is 12.5. The molecule has 0 aliphatic carbocycles. The van der Waals surface area contributed by atoms with Gasteiger partial charge in [0.2, 0.25) is 5.91 Å². The van der Waals surface area contributed by atoms with Crippen LogP contribution in [0, 0.1) is 6.92 Å². The van der Waals surface area contributed by atoms with Gasteiger partial charge in [-0.25, -0.2) is 4.98 Å². The number of aryl methyl sites for hydroxylation is 1. The lowest BCUT2D eigenvalue weighted by molar-refractivity contribution is -0.122. The smallest absolute Gasteiger partial charge is 0.262 e. The Hall–Kier alpha value is -3.39. The topological polar surface area (TPSA) is 92.3 Å². The van der Waals surface area contributed by atoms with Crippen molar-refractivity contribution in [2.45, 2.75) is 19.9 Å². The van der Waals surface area contributed by atoms with E-state index in [1.165, 1.54) is 11.3 Å². The summed E-state index contributed by atoms with van der Waals surface area (Å²) in [5, 5.41) is 5.45. The predicted molar refractivity (Wildman–Crippen MR) is 108 cm³/mol. The molecule has 8 heteroatoms. The highest BCUT2D eigenvalue weighted by molar-refractivity contribution is 7.10. The number of benzene rings is 1. The van der Waals surface area contributed by atoms with Gasteiger partial charge < -0.3 is 5.32 Å². The third kappa shape index (κ3) is 3.66. The molecular weight excluding hydrogens is 388 g/mol. The first-order valence-corrected chi connectivity index (χ1v) is 9.94. The molecule has 146 valence electrons. The number of fused-ring (bicyclic) bond motifs is 1. The van der Waals surface area contributed by atoms with E-state index in [9.17, 15) is 14.4 Å². The van der Waals surface area contributed by atoms with E-state index >= 15 is 0 Å². The van der Waals surface area contributed by atoms with Gasteiger partial charge in [0.1, 0.15) is 11.6 Å². The van der Waals surface area contributed by atoms with Gasteiger partial charge in [-0.05, 0) is 38.1 Å². The normalized spacial score (nSPS) is 14.1. The number of carbonyl (C=O) groups is 3. The van der Waals surface area contributed by atoms with E-state index in [0.717, 1.165) is 26.7 Å². The van der Waals surface area contributed by atoms with Crippen molar-refractivity contribution < 1.29 is 14.4 Å². The van der Waals surface area contributed by atoms with Crippen molar-refractivity contribution in [1.82, 2.24) is 20.2 Å². The molecule has 1 atom stereocenters. The monoisotopic (exact) mass is 406 g/mol. The number of pyridine rings is 1. The number of aromatic nitrogens is 2. The minimum Gasteiger partial charge on any atom is -0.346 e. The Morgan fingerprint density at radius 2 is 2.00 bits per heavy atom. The molecule has 0 spiro atoms. The maximum absolute atomic E-state index is 12.5. The standard InChI is InChI=1S/C21H18N4O3S/c1-12-5-6-15-16(8-12)21(28)25(20(15)27)10-18(26)23-13(2)19-24-17(11-29-19)14-4-3-7-22-9-14/h3-9,11,13H,10H2,1-2H3,(H,23,26). The zero-order valence-corrected chi connectivity index (χ0v) is 16.7. The molecule has 3 aromatic rings. The van der Waals surface area contributed by atoms with Crippen molar-refractivity contribution in [3.05, 3.63) is 69.8 Å². The molecule has 1 aromatic carbocycles. The molecule has 2 aromatic heterocycles. The lowest BCUT2D eigenvalue weighted by atomic mass is 10.1. The lowest BCUT2D eigenvalue weighted by Gasteiger charge is -2.16. The summed E-state index contributed by atoms with van der Waals surface area (Å²) in [6, 6.07) is 8.47. The number of carbonyl (C=O) groups excluding carboxylic acids is 3. The van der Waals surface area contributed by atoms with Crippen LogP contribution in [0.5, 0.6) is 0 Å². The van der Waals surface area contributed by atoms with Gasteiger partial charge in [0.15, 0.2) is 0 Å². The second kappa shape index (κ2) is 7.56. The van der Waals surface area contributed by atoms with Crippen LogP contribution in [-0.4, -0.2) is 39.1 Å². The third-order valence-corrected chi connectivity index (χ3v) is 5.68. The molecule has 29 heavy (non-hydrogen) atoms. The Labute approximate surface area is 171 Å². The summed E-state index contributed by atoms with van der Waals surface area (Å²) in [7, 11) is 0. The number of hydrogen-bond donors (Lipinski definition) is 1. The second-order valence-electron chi connectivity index (χ2n) is 6.85. The highest BCUT2D eigenvalue weighted by Gasteiger charge is 2.36. The lowest BCUT2D eigenvalue weighted by Crippen LogP contribution is -2.41. The zero-order valence-electron chi connectivity index (χ0n) is 15.9. The van der Waals surface area contributed by atoms with Crippen LogP contribution in [0.2, 0.25) is 0 Å². The van der Waals surface area contributed by atoms with Crippen LogP contribution in [0.3, 0.4) is 0 Å². The highest BCUT2D eigenvalue weighted by atomic mass is 32.1. The number of nitrogens with one attached hydrogen (secondary N) is 1. The van der Waals surface area contributed by atoms with Gasteiger partial charge in [0.25, 0.3) is 11.8 Å². The van der Waals surface area contributed by atoms with Gasteiger partial charge in [0, 0.05) is 23.3 Å². The van der Waals surface area contributed by atoms with E-state index in [-0.39, 0.29) is 12.6 Å². The van der Waals surface area contributed by atoms with Crippen molar-refractivity contribution in [1.29, 1.82) is 0 Å². The minimum atomic E-state index is -0.444. The van der Waals surface area contributed by atoms with E-state index in [4.69, 9.17) is 0 Å². The van der Waals surface area contributed by atoms with Gasteiger partial charge in [-0.1, -0.05) is 11.6 Å². The molecule has 0 saturated heterocycles. The number of thiazole rings is 1. The number of imide groups is 1. The van der Waals surface area contributed by atoms with Crippen molar-refractivity contribution in [3.8, 4) is 11.3 Å². The maximum Gasteiger partial charge on any atom is 0.262 e. The molecule has 0 bridgehead atoms. The van der Waals surface area contributed by atoms with Crippen LogP contribution >= 0.6 is 11.3 Å². The second-order valence-corrected chi connectivity index (χ2v) is 7.74. The Morgan fingerprint density at radius 1 is 1.21 bits per heavy atom. The quantitative estimate of drug-likeness (QED) is 0.658. The van der Waals surface area contributed by atoms with Crippen LogP contribution in [0.15, 0.2) is 48.1 Å². The van der Waals surface area contributed by atoms with E-state index in [1.54, 1.807) is 30.6 Å². The summed E-state index contributed by atoms with van der Waals surface area (Å²) < 4.78 is 0. The fourth-order valence-corrected chi connectivity index (χ4v) is 4.01. The highest BCUT2D eigenvalue weighted by Crippen LogP contribution is 2.26. The Bertz CT molecular complexity index is 1110. The zero-order chi connectivity index (χ0) is 20.5. The Morgan fingerprint density at radius 3 is 2.76 bits per heavy atom. The SMILES string of the molecule is Cc1ccc2c(c1)C(=O)N(CC(=O)NC(C)c1nc(-c3cccnc3)cs1)C2=O. The summed E-state index contributed by atoms with van der Waals surface area (Å²) in [4.78, 5) is 47.1. The van der Waals surface area contributed by atoms with E-state index < -0.39 is 17.7 Å². The van der Waals surface area contributed by atoms with Crippen LogP contribution in [0.25, 0.3) is 11.3 Å². The molecule has 1 aliphatic heterocycles. The average molecular weight is 406 g/mol. The van der Waals surface area contributed by atoms with Gasteiger partial charge in [0.05, 0.1) is 22.9 Å². The van der Waals surface area contributed by atoms with Crippen molar-refractivity contribution >= 4 is 29.1 Å². The van der Waals surface area contributed by atoms with Crippen LogP contribution < -0.4 is 5.32 Å². The molecule has 0 saturated carbocycles. The van der Waals surface area contributed by atoms with Crippen LogP contribution in [-0.2, 0) is 4.79 Å². The molecule has 1 N–H and O–H groups in total. The summed E-state index contributed by atoms with van der Waals surface area (Å²) in [5.74, 6) is -1.30. The van der Waals surface area contributed by atoms with Gasteiger partial charge >= 0.3 is 0 Å². The first kappa shape index (κ1) is 18.9. The molecule has 4 rings (SSSR count). The number of nitrogens with zero attached hydrogens (tertiary/aromatic N) is 3. The minimum absolute atomic E-state index is 0.323. The summed E-state index contributed by atoms with van der Waals surface area (Å²) >= 11 is 1.43. The largest absolute Gasteiger partial charge is 0.346 e. The van der Waals surface area contributed by atoms with Crippen LogP contribution in [0.1, 0.15) is 44.3 Å². The molecule has 0 fully saturated rings. The fraction of sp³-hybridized carbons (Fsp3) is 0.190. The molecule has 7 nitrogen and oxygen atoms in total. The fourth-order valence-electron chi connectivity index (χ4n) is 3.17. The predicted octanol–water partition coefficient (Wildman–Crippen LogP) is 2.99. The van der Waals surface area contributed by atoms with Crippen molar-refractivity contribution in [2.24, 2.45) is 0 Å². The molecule has 3 heterocycles. The molecule has 1 unspecified atom stereocenters. The van der Waals surface area contributed by atoms with Gasteiger partial charge in [-0.2, -0.15) is 0 Å². The van der Waals surface area contributed by atoms with Crippen molar-refractivity contribution in [3.63, 3.8) is 0 Å².